The van der Waals surface area contributed by atoms with Gasteiger partial charge in [0.15, 0.2) is 0 Å². The number of urea groups is 1. The summed E-state index contributed by atoms with van der Waals surface area (Å²) in [6.07, 6.45) is 3.25. The lowest BCUT2D eigenvalue weighted by atomic mass is 9.77. The molecule has 0 radical (unpaired) electrons. The molecule has 2 amide bonds. The second kappa shape index (κ2) is 5.50. The molecule has 0 aromatic carbocycles. The van der Waals surface area contributed by atoms with Gasteiger partial charge in [0.05, 0.1) is 11.2 Å². The van der Waals surface area contributed by atoms with Gasteiger partial charge in [0.25, 0.3) is 0 Å². The topological polar surface area (TPSA) is 50.8 Å². The molecule has 1 aliphatic carbocycles. The van der Waals surface area contributed by atoms with E-state index in [4.69, 9.17) is 9.31 Å². The summed E-state index contributed by atoms with van der Waals surface area (Å²) in [5, 5.41) is 3.06. The van der Waals surface area contributed by atoms with E-state index in [-0.39, 0.29) is 29.9 Å². The Labute approximate surface area is 146 Å². The minimum Gasteiger partial charge on any atom is -0.400 e. The number of likely N-dealkylation sites (tertiary alicyclic amines) is 1. The van der Waals surface area contributed by atoms with Crippen LogP contribution in [0.5, 0.6) is 0 Å². The Morgan fingerprint density at radius 3 is 2.29 bits per heavy atom. The quantitative estimate of drug-likeness (QED) is 0.750. The Hall–Kier alpha value is -1.01. The largest absolute Gasteiger partial charge is 0.490 e. The summed E-state index contributed by atoms with van der Waals surface area (Å²) in [6, 6.07) is 0.0440. The fraction of sp³-hybridized carbons (Fsp3) is 0.833. The molecule has 2 saturated heterocycles. The summed E-state index contributed by atoms with van der Waals surface area (Å²) in [7, 11) is -0.238. The molecule has 0 bridgehead atoms. The second-order valence-electron chi connectivity index (χ2n) is 9.54. The van der Waals surface area contributed by atoms with Crippen LogP contribution in [-0.2, 0) is 9.31 Å². The van der Waals surface area contributed by atoms with Crippen molar-refractivity contribution in [2.75, 3.05) is 13.1 Å². The summed E-state index contributed by atoms with van der Waals surface area (Å²) in [6.45, 7) is 16.0. The van der Waals surface area contributed by atoms with Crippen molar-refractivity contribution < 1.29 is 14.1 Å². The maximum absolute atomic E-state index is 12.3. The standard InChI is InChI=1S/C18H31BN2O3/c1-16(2,3)20-15(22)21-10-12-8-14(9-13(12)11-21)19-23-17(4,5)18(6,7)24-19/h8,12-13H,9-11H2,1-7H3,(H,20,22). The molecule has 3 aliphatic rings. The lowest BCUT2D eigenvalue weighted by Gasteiger charge is -2.32. The van der Waals surface area contributed by atoms with E-state index in [0.717, 1.165) is 19.5 Å². The van der Waals surface area contributed by atoms with E-state index < -0.39 is 0 Å². The zero-order valence-electron chi connectivity index (χ0n) is 16.1. The van der Waals surface area contributed by atoms with Crippen LogP contribution in [0.15, 0.2) is 11.5 Å². The van der Waals surface area contributed by atoms with Crippen LogP contribution in [0.2, 0.25) is 0 Å². The van der Waals surface area contributed by atoms with Crippen molar-refractivity contribution in [3.8, 4) is 0 Å². The first-order chi connectivity index (χ1) is 10.9. The van der Waals surface area contributed by atoms with Gasteiger partial charge in [0.2, 0.25) is 0 Å². The van der Waals surface area contributed by atoms with Crippen molar-refractivity contribution in [2.45, 2.75) is 71.6 Å². The van der Waals surface area contributed by atoms with Gasteiger partial charge in [-0.15, -0.1) is 0 Å². The van der Waals surface area contributed by atoms with Crippen LogP contribution in [0.3, 0.4) is 0 Å². The lowest BCUT2D eigenvalue weighted by molar-refractivity contribution is 0.00578. The van der Waals surface area contributed by atoms with Crippen molar-refractivity contribution in [3.63, 3.8) is 0 Å². The molecule has 0 aromatic heterocycles. The Morgan fingerprint density at radius 1 is 1.21 bits per heavy atom. The van der Waals surface area contributed by atoms with Crippen LogP contribution in [0.25, 0.3) is 0 Å². The smallest absolute Gasteiger partial charge is 0.400 e. The number of hydrogen-bond acceptors (Lipinski definition) is 3. The summed E-state index contributed by atoms with van der Waals surface area (Å²) in [5.74, 6) is 0.912. The van der Waals surface area contributed by atoms with E-state index in [0.29, 0.717) is 11.8 Å². The first-order valence-electron chi connectivity index (χ1n) is 9.01. The maximum Gasteiger partial charge on any atom is 0.490 e. The SMILES string of the molecule is CC(C)(C)NC(=O)N1CC2C=C(B3OC(C)(C)C(C)(C)O3)CC2C1. The van der Waals surface area contributed by atoms with E-state index >= 15 is 0 Å². The third-order valence-corrected chi connectivity index (χ3v) is 5.74. The zero-order chi connectivity index (χ0) is 17.9. The fourth-order valence-electron chi connectivity index (χ4n) is 3.68. The van der Waals surface area contributed by atoms with Crippen molar-refractivity contribution in [3.05, 3.63) is 11.5 Å². The predicted molar refractivity (Wildman–Crippen MR) is 95.6 cm³/mol. The molecule has 24 heavy (non-hydrogen) atoms. The highest BCUT2D eigenvalue weighted by Crippen LogP contribution is 2.44. The lowest BCUT2D eigenvalue weighted by Crippen LogP contribution is -2.48. The highest BCUT2D eigenvalue weighted by Gasteiger charge is 2.54. The van der Waals surface area contributed by atoms with Gasteiger partial charge in [0, 0.05) is 18.6 Å². The van der Waals surface area contributed by atoms with Crippen LogP contribution in [0.1, 0.15) is 54.9 Å². The Bertz CT molecular complexity index is 549. The summed E-state index contributed by atoms with van der Waals surface area (Å²) >= 11 is 0. The Kier molecular flexibility index (Phi) is 4.08. The van der Waals surface area contributed by atoms with Crippen LogP contribution < -0.4 is 5.32 Å². The number of hydrogen-bond donors (Lipinski definition) is 1. The van der Waals surface area contributed by atoms with Gasteiger partial charge < -0.3 is 19.5 Å². The Balaban J connectivity index is 1.62. The Morgan fingerprint density at radius 2 is 1.79 bits per heavy atom. The van der Waals surface area contributed by atoms with Crippen LogP contribution in [0, 0.1) is 11.8 Å². The highest BCUT2D eigenvalue weighted by molar-refractivity contribution is 6.54. The predicted octanol–water partition coefficient (Wildman–Crippen LogP) is 3.00. The summed E-state index contributed by atoms with van der Waals surface area (Å²) in [5.41, 5.74) is 0.460. The molecule has 2 unspecified atom stereocenters. The molecule has 2 heterocycles. The zero-order valence-corrected chi connectivity index (χ0v) is 16.1. The third-order valence-electron chi connectivity index (χ3n) is 5.74. The van der Waals surface area contributed by atoms with Crippen molar-refractivity contribution in [2.24, 2.45) is 11.8 Å². The van der Waals surface area contributed by atoms with Gasteiger partial charge >= 0.3 is 13.1 Å². The molecule has 0 aromatic rings. The highest BCUT2D eigenvalue weighted by atomic mass is 16.7. The number of carbonyl (C=O) groups is 1. The van der Waals surface area contributed by atoms with E-state index in [2.05, 4.69) is 39.1 Å². The van der Waals surface area contributed by atoms with Crippen LogP contribution in [0.4, 0.5) is 4.79 Å². The van der Waals surface area contributed by atoms with Gasteiger partial charge in [0.1, 0.15) is 0 Å². The molecule has 5 nitrogen and oxygen atoms in total. The first-order valence-corrected chi connectivity index (χ1v) is 9.01. The summed E-state index contributed by atoms with van der Waals surface area (Å²) < 4.78 is 12.3. The van der Waals surface area contributed by atoms with Gasteiger partial charge in [-0.3, -0.25) is 0 Å². The van der Waals surface area contributed by atoms with Gasteiger partial charge in [-0.1, -0.05) is 6.08 Å². The molecular weight excluding hydrogens is 303 g/mol. The average molecular weight is 334 g/mol. The third kappa shape index (κ3) is 3.23. The van der Waals surface area contributed by atoms with Crippen molar-refractivity contribution >= 4 is 13.1 Å². The number of fused-ring (bicyclic) bond motifs is 1. The molecule has 0 saturated carbocycles. The molecule has 0 spiro atoms. The molecule has 1 N–H and O–H groups in total. The second-order valence-corrected chi connectivity index (χ2v) is 9.54. The van der Waals surface area contributed by atoms with Crippen molar-refractivity contribution in [1.29, 1.82) is 0 Å². The van der Waals surface area contributed by atoms with Crippen molar-refractivity contribution in [1.82, 2.24) is 10.2 Å². The minimum atomic E-state index is -0.297. The fourth-order valence-corrected chi connectivity index (χ4v) is 3.68. The number of carbonyl (C=O) groups excluding carboxylic acids is 1. The maximum atomic E-state index is 12.3. The number of allylic oxidation sites excluding steroid dienone is 1. The van der Waals surface area contributed by atoms with Crippen LogP contribution in [-0.4, -0.2) is 47.9 Å². The number of nitrogens with zero attached hydrogens (tertiary/aromatic N) is 1. The number of nitrogens with one attached hydrogen (secondary N) is 1. The molecule has 3 rings (SSSR count). The first kappa shape index (κ1) is 17.8. The summed E-state index contributed by atoms with van der Waals surface area (Å²) in [4.78, 5) is 14.3. The molecule has 134 valence electrons. The van der Waals surface area contributed by atoms with E-state index in [1.807, 2.05) is 25.7 Å². The number of rotatable bonds is 1. The van der Waals surface area contributed by atoms with Crippen LogP contribution >= 0.6 is 0 Å². The molecular formula is C18H31BN2O3. The van der Waals surface area contributed by atoms with Gasteiger partial charge in [-0.25, -0.2) is 4.79 Å². The number of amides is 2. The van der Waals surface area contributed by atoms with Gasteiger partial charge in [-0.2, -0.15) is 0 Å². The molecule has 2 aliphatic heterocycles. The van der Waals surface area contributed by atoms with E-state index in [1.54, 1.807) is 0 Å². The normalized spacial score (nSPS) is 31.2. The van der Waals surface area contributed by atoms with E-state index in [9.17, 15) is 4.79 Å². The van der Waals surface area contributed by atoms with E-state index in [1.165, 1.54) is 5.47 Å². The minimum absolute atomic E-state index is 0.0440. The average Bonchev–Trinajstić information content (AvgIpc) is 2.97. The van der Waals surface area contributed by atoms with Gasteiger partial charge in [-0.05, 0) is 72.2 Å². The molecule has 6 heteroatoms. The molecule has 2 fully saturated rings. The monoisotopic (exact) mass is 334 g/mol. The molecule has 2 atom stereocenters.